The second kappa shape index (κ2) is 6.36. The van der Waals surface area contributed by atoms with E-state index in [9.17, 15) is 4.79 Å². The summed E-state index contributed by atoms with van der Waals surface area (Å²) in [7, 11) is 0. The minimum atomic E-state index is -0.152. The number of aryl methyl sites for hydroxylation is 1. The van der Waals surface area contributed by atoms with Crippen LogP contribution >= 0.6 is 0 Å². The first-order valence-electron chi connectivity index (χ1n) is 7.30. The van der Waals surface area contributed by atoms with Crippen LogP contribution in [-0.4, -0.2) is 35.1 Å². The molecule has 23 heavy (non-hydrogen) atoms. The monoisotopic (exact) mass is 308 g/mol. The Kier molecular flexibility index (Phi) is 4.11. The maximum atomic E-state index is 12.2. The second-order valence-electron chi connectivity index (χ2n) is 5.36. The van der Waals surface area contributed by atoms with E-state index in [4.69, 9.17) is 10.00 Å². The van der Waals surface area contributed by atoms with Gasteiger partial charge in [-0.1, -0.05) is 18.2 Å². The van der Waals surface area contributed by atoms with Gasteiger partial charge < -0.3 is 15.0 Å². The molecule has 1 aromatic carbocycles. The highest BCUT2D eigenvalue weighted by atomic mass is 16.5. The molecule has 2 amide bonds. The number of pyridine rings is 1. The van der Waals surface area contributed by atoms with E-state index in [0.717, 1.165) is 11.3 Å². The lowest BCUT2D eigenvalue weighted by molar-refractivity contribution is 0.0458. The lowest BCUT2D eigenvalue weighted by atomic mass is 10.1. The highest BCUT2D eigenvalue weighted by Gasteiger charge is 2.33. The van der Waals surface area contributed by atoms with Crippen LogP contribution in [0, 0.1) is 18.3 Å². The van der Waals surface area contributed by atoms with Gasteiger partial charge in [0.25, 0.3) is 0 Å². The van der Waals surface area contributed by atoms with Crippen LogP contribution in [0.5, 0.6) is 5.88 Å². The molecule has 0 unspecified atom stereocenters. The number of urea groups is 1. The molecule has 1 aromatic heterocycles. The first-order chi connectivity index (χ1) is 11.2. The minimum Gasteiger partial charge on any atom is -0.470 e. The van der Waals surface area contributed by atoms with Crippen molar-refractivity contribution in [2.45, 2.75) is 13.0 Å². The molecule has 1 saturated heterocycles. The Morgan fingerprint density at radius 2 is 2.13 bits per heavy atom. The third-order valence-corrected chi connectivity index (χ3v) is 3.69. The van der Waals surface area contributed by atoms with Gasteiger partial charge in [0, 0.05) is 11.9 Å². The van der Waals surface area contributed by atoms with E-state index in [-0.39, 0.29) is 12.1 Å². The molecule has 2 aromatic rings. The zero-order valence-corrected chi connectivity index (χ0v) is 12.7. The number of hydrogen-bond acceptors (Lipinski definition) is 4. The van der Waals surface area contributed by atoms with Crippen molar-refractivity contribution in [2.24, 2.45) is 0 Å². The highest BCUT2D eigenvalue weighted by molar-refractivity contribution is 5.90. The summed E-state index contributed by atoms with van der Waals surface area (Å²) in [4.78, 5) is 17.9. The lowest BCUT2D eigenvalue weighted by Gasteiger charge is -2.38. The zero-order chi connectivity index (χ0) is 16.2. The number of para-hydroxylation sites is 1. The van der Waals surface area contributed by atoms with Crippen LogP contribution in [0.25, 0.3) is 0 Å². The Balaban J connectivity index is 1.54. The molecule has 1 fully saturated rings. The molecular weight excluding hydrogens is 292 g/mol. The molecule has 116 valence electrons. The average molecular weight is 308 g/mol. The predicted molar refractivity (Wildman–Crippen MR) is 85.1 cm³/mol. The molecule has 0 radical (unpaired) electrons. The molecule has 6 nitrogen and oxygen atoms in total. The summed E-state index contributed by atoms with van der Waals surface area (Å²) < 4.78 is 5.67. The summed E-state index contributed by atoms with van der Waals surface area (Å²) in [5.74, 6) is 0.318. The molecule has 0 saturated carbocycles. The maximum absolute atomic E-state index is 12.2. The SMILES string of the molecule is Cc1ccccc1NC(=O)N1CC(Oc2ncccc2C#N)C1. The van der Waals surface area contributed by atoms with Crippen molar-refractivity contribution in [2.75, 3.05) is 18.4 Å². The number of nitriles is 1. The van der Waals surface area contributed by atoms with Crippen LogP contribution < -0.4 is 10.1 Å². The Labute approximate surface area is 134 Å². The number of benzene rings is 1. The van der Waals surface area contributed by atoms with Crippen LogP contribution in [0.2, 0.25) is 0 Å². The number of aromatic nitrogens is 1. The molecule has 0 bridgehead atoms. The summed E-state index contributed by atoms with van der Waals surface area (Å²) >= 11 is 0. The Morgan fingerprint density at radius 3 is 2.87 bits per heavy atom. The molecule has 1 aliphatic rings. The number of carbonyl (C=O) groups is 1. The van der Waals surface area contributed by atoms with Crippen molar-refractivity contribution < 1.29 is 9.53 Å². The van der Waals surface area contributed by atoms with Gasteiger partial charge in [-0.3, -0.25) is 0 Å². The Morgan fingerprint density at radius 1 is 1.35 bits per heavy atom. The van der Waals surface area contributed by atoms with Crippen molar-refractivity contribution in [1.82, 2.24) is 9.88 Å². The molecule has 2 heterocycles. The van der Waals surface area contributed by atoms with Crippen molar-refractivity contribution in [1.29, 1.82) is 5.26 Å². The number of anilines is 1. The highest BCUT2D eigenvalue weighted by Crippen LogP contribution is 2.21. The van der Waals surface area contributed by atoms with Crippen molar-refractivity contribution >= 4 is 11.7 Å². The minimum absolute atomic E-state index is 0.139. The summed E-state index contributed by atoms with van der Waals surface area (Å²) in [6.07, 6.45) is 1.44. The van der Waals surface area contributed by atoms with Crippen LogP contribution in [0.15, 0.2) is 42.6 Å². The van der Waals surface area contributed by atoms with Crippen molar-refractivity contribution in [3.63, 3.8) is 0 Å². The summed E-state index contributed by atoms with van der Waals surface area (Å²) in [5, 5.41) is 11.9. The molecule has 1 aliphatic heterocycles. The summed E-state index contributed by atoms with van der Waals surface area (Å²) in [6.45, 7) is 2.89. The number of likely N-dealkylation sites (tertiary alicyclic amines) is 1. The summed E-state index contributed by atoms with van der Waals surface area (Å²) in [5.41, 5.74) is 2.22. The van der Waals surface area contributed by atoms with Gasteiger partial charge >= 0.3 is 6.03 Å². The van der Waals surface area contributed by atoms with Crippen LogP contribution in [0.4, 0.5) is 10.5 Å². The summed E-state index contributed by atoms with van der Waals surface area (Å²) in [6, 6.07) is 12.9. The van der Waals surface area contributed by atoms with E-state index < -0.39 is 0 Å². The van der Waals surface area contributed by atoms with Gasteiger partial charge in [-0.25, -0.2) is 9.78 Å². The second-order valence-corrected chi connectivity index (χ2v) is 5.36. The number of carbonyl (C=O) groups excluding carboxylic acids is 1. The molecule has 0 atom stereocenters. The Hall–Kier alpha value is -3.07. The van der Waals surface area contributed by atoms with E-state index in [1.54, 1.807) is 23.2 Å². The third kappa shape index (κ3) is 3.24. The van der Waals surface area contributed by atoms with Gasteiger partial charge in [0.15, 0.2) is 0 Å². The van der Waals surface area contributed by atoms with E-state index >= 15 is 0 Å². The smallest absolute Gasteiger partial charge is 0.322 e. The number of hydrogen-bond donors (Lipinski definition) is 1. The van der Waals surface area contributed by atoms with E-state index in [2.05, 4.69) is 10.3 Å². The number of nitrogens with zero attached hydrogens (tertiary/aromatic N) is 3. The standard InChI is InChI=1S/C17H16N4O2/c1-12-5-2-3-7-15(12)20-17(22)21-10-14(11-21)23-16-13(9-18)6-4-8-19-16/h2-8,14H,10-11H2,1H3,(H,20,22). The normalized spacial score (nSPS) is 13.8. The fourth-order valence-corrected chi connectivity index (χ4v) is 2.31. The number of ether oxygens (including phenoxy) is 1. The van der Waals surface area contributed by atoms with Gasteiger partial charge in [-0.15, -0.1) is 0 Å². The van der Waals surface area contributed by atoms with Crippen molar-refractivity contribution in [3.8, 4) is 11.9 Å². The predicted octanol–water partition coefficient (Wildman–Crippen LogP) is 2.56. The van der Waals surface area contributed by atoms with Gasteiger partial charge in [-0.05, 0) is 30.7 Å². The molecule has 6 heteroatoms. The average Bonchev–Trinajstić information content (AvgIpc) is 2.53. The van der Waals surface area contributed by atoms with Gasteiger partial charge in [0.05, 0.1) is 13.1 Å². The lowest BCUT2D eigenvalue weighted by Crippen LogP contribution is -2.57. The topological polar surface area (TPSA) is 78.2 Å². The number of nitrogens with one attached hydrogen (secondary N) is 1. The fraction of sp³-hybridized carbons (Fsp3) is 0.235. The molecular formula is C17H16N4O2. The largest absolute Gasteiger partial charge is 0.470 e. The van der Waals surface area contributed by atoms with Crippen LogP contribution in [0.3, 0.4) is 0 Å². The van der Waals surface area contributed by atoms with E-state index in [0.29, 0.717) is 24.5 Å². The quantitative estimate of drug-likeness (QED) is 0.945. The van der Waals surface area contributed by atoms with Crippen molar-refractivity contribution in [3.05, 3.63) is 53.7 Å². The first kappa shape index (κ1) is 14.9. The van der Waals surface area contributed by atoms with Gasteiger partial charge in [-0.2, -0.15) is 5.26 Å². The van der Waals surface area contributed by atoms with Crippen LogP contribution in [0.1, 0.15) is 11.1 Å². The fourth-order valence-electron chi connectivity index (χ4n) is 2.31. The van der Waals surface area contributed by atoms with E-state index in [1.807, 2.05) is 37.3 Å². The molecule has 0 spiro atoms. The number of rotatable bonds is 3. The molecule has 3 rings (SSSR count). The third-order valence-electron chi connectivity index (χ3n) is 3.69. The van der Waals surface area contributed by atoms with E-state index in [1.165, 1.54) is 0 Å². The van der Waals surface area contributed by atoms with Gasteiger partial charge in [0.2, 0.25) is 5.88 Å². The zero-order valence-electron chi connectivity index (χ0n) is 12.7. The molecule has 0 aliphatic carbocycles. The number of amides is 2. The van der Waals surface area contributed by atoms with Gasteiger partial charge in [0.1, 0.15) is 17.7 Å². The molecule has 1 N–H and O–H groups in total. The Bertz CT molecular complexity index is 763. The van der Waals surface area contributed by atoms with Crippen LogP contribution in [-0.2, 0) is 0 Å². The first-order valence-corrected chi connectivity index (χ1v) is 7.30. The maximum Gasteiger partial charge on any atom is 0.322 e.